The minimum Gasteiger partial charge on any atom is -0.448 e. The Kier molecular flexibility index (Phi) is 2.82. The van der Waals surface area contributed by atoms with Gasteiger partial charge in [0.2, 0.25) is 0 Å². The van der Waals surface area contributed by atoms with E-state index < -0.39 is 0 Å². The summed E-state index contributed by atoms with van der Waals surface area (Å²) < 4.78 is 5.35. The second kappa shape index (κ2) is 4.48. The van der Waals surface area contributed by atoms with Crippen LogP contribution in [0.5, 0.6) is 0 Å². The van der Waals surface area contributed by atoms with Gasteiger partial charge in [-0.15, -0.1) is 0 Å². The first kappa shape index (κ1) is 11.3. The van der Waals surface area contributed by atoms with E-state index in [0.29, 0.717) is 11.0 Å². The third kappa shape index (κ3) is 2.01. The smallest absolute Gasteiger partial charge is 0.193 e. The van der Waals surface area contributed by atoms with Gasteiger partial charge in [-0.3, -0.25) is 0 Å². The van der Waals surface area contributed by atoms with E-state index in [9.17, 15) is 0 Å². The van der Waals surface area contributed by atoms with Crippen molar-refractivity contribution in [2.75, 3.05) is 0 Å². The lowest BCUT2D eigenvalue weighted by atomic mass is 10.0. The van der Waals surface area contributed by atoms with E-state index in [1.165, 1.54) is 10.8 Å². The van der Waals surface area contributed by atoms with Crippen LogP contribution in [0.4, 0.5) is 0 Å². The molecule has 3 heteroatoms. The zero-order valence-corrected chi connectivity index (χ0v) is 10.4. The molecule has 3 aromatic rings. The summed E-state index contributed by atoms with van der Waals surface area (Å²) in [4.78, 5) is 0. The number of hydrogen-bond donors (Lipinski definition) is 1. The molecule has 2 nitrogen and oxygen atoms in total. The summed E-state index contributed by atoms with van der Waals surface area (Å²) in [6.45, 7) is 0. The molecule has 2 N–H and O–H groups in total. The number of nitrogens with two attached hydrogens (primary N) is 1. The molecule has 0 saturated heterocycles. The summed E-state index contributed by atoms with van der Waals surface area (Å²) in [5.41, 5.74) is 7.18. The third-order valence-corrected chi connectivity index (χ3v) is 3.24. The fourth-order valence-electron chi connectivity index (χ4n) is 2.06. The van der Waals surface area contributed by atoms with E-state index in [-0.39, 0.29) is 6.04 Å². The van der Waals surface area contributed by atoms with Crippen LogP contribution in [-0.2, 0) is 0 Å². The highest BCUT2D eigenvalue weighted by atomic mass is 35.5. The van der Waals surface area contributed by atoms with Crippen LogP contribution < -0.4 is 5.73 Å². The molecule has 3 rings (SSSR count). The van der Waals surface area contributed by atoms with Crippen LogP contribution in [0.3, 0.4) is 0 Å². The van der Waals surface area contributed by atoms with Gasteiger partial charge in [0.25, 0.3) is 0 Å². The summed E-state index contributed by atoms with van der Waals surface area (Å²) in [7, 11) is 0. The molecule has 0 aliphatic heterocycles. The maximum absolute atomic E-state index is 6.17. The molecular weight excluding hydrogens is 246 g/mol. The van der Waals surface area contributed by atoms with Gasteiger partial charge in [0, 0.05) is 0 Å². The molecule has 0 spiro atoms. The third-order valence-electron chi connectivity index (χ3n) is 3.03. The van der Waals surface area contributed by atoms with Gasteiger partial charge < -0.3 is 10.2 Å². The first-order chi connectivity index (χ1) is 8.74. The van der Waals surface area contributed by atoms with E-state index in [1.54, 1.807) is 6.07 Å². The van der Waals surface area contributed by atoms with Crippen LogP contribution in [0.15, 0.2) is 59.0 Å². The van der Waals surface area contributed by atoms with Gasteiger partial charge in [0.1, 0.15) is 5.76 Å². The topological polar surface area (TPSA) is 39.2 Å². The van der Waals surface area contributed by atoms with Crippen LogP contribution in [0.1, 0.15) is 17.4 Å². The summed E-state index contributed by atoms with van der Waals surface area (Å²) >= 11 is 5.76. The molecule has 0 fully saturated rings. The molecule has 0 aliphatic carbocycles. The maximum atomic E-state index is 6.17. The van der Waals surface area contributed by atoms with E-state index >= 15 is 0 Å². The van der Waals surface area contributed by atoms with Crippen LogP contribution in [0, 0.1) is 0 Å². The van der Waals surface area contributed by atoms with Crippen molar-refractivity contribution in [2.24, 2.45) is 5.73 Å². The molecule has 0 saturated carbocycles. The van der Waals surface area contributed by atoms with Gasteiger partial charge in [-0.05, 0) is 46.1 Å². The van der Waals surface area contributed by atoms with Crippen LogP contribution >= 0.6 is 11.6 Å². The number of benzene rings is 2. The molecule has 90 valence electrons. The van der Waals surface area contributed by atoms with Crippen LogP contribution in [0.25, 0.3) is 10.8 Å². The van der Waals surface area contributed by atoms with Crippen molar-refractivity contribution in [1.82, 2.24) is 0 Å². The molecule has 18 heavy (non-hydrogen) atoms. The first-order valence-electron chi connectivity index (χ1n) is 5.73. The summed E-state index contributed by atoms with van der Waals surface area (Å²) in [5, 5.41) is 2.73. The number of halogens is 1. The second-order valence-corrected chi connectivity index (χ2v) is 4.60. The summed E-state index contributed by atoms with van der Waals surface area (Å²) in [5.74, 6) is 0.676. The lowest BCUT2D eigenvalue weighted by Gasteiger charge is -2.10. The molecule has 1 heterocycles. The van der Waals surface area contributed by atoms with Crippen LogP contribution in [0.2, 0.25) is 5.22 Å². The Morgan fingerprint density at radius 2 is 1.72 bits per heavy atom. The number of furan rings is 1. The Hall–Kier alpha value is -1.77. The maximum Gasteiger partial charge on any atom is 0.193 e. The van der Waals surface area contributed by atoms with E-state index in [1.807, 2.05) is 24.3 Å². The Bertz CT molecular complexity index is 690. The zero-order valence-electron chi connectivity index (χ0n) is 9.64. The second-order valence-electron chi connectivity index (χ2n) is 4.23. The van der Waals surface area contributed by atoms with Crippen molar-refractivity contribution >= 4 is 22.4 Å². The average Bonchev–Trinajstić information content (AvgIpc) is 2.84. The van der Waals surface area contributed by atoms with Crippen molar-refractivity contribution in [2.45, 2.75) is 6.04 Å². The Balaban J connectivity index is 2.03. The van der Waals surface area contributed by atoms with Crippen molar-refractivity contribution in [3.05, 3.63) is 71.1 Å². The van der Waals surface area contributed by atoms with Gasteiger partial charge in [-0.2, -0.15) is 0 Å². The predicted octanol–water partition coefficient (Wildman–Crippen LogP) is 4.13. The van der Waals surface area contributed by atoms with E-state index in [4.69, 9.17) is 21.8 Å². The standard InChI is InChI=1S/C15H12ClNO/c16-14-8-7-13(18-14)15(17)12-6-5-10-3-1-2-4-11(10)9-12/h1-9,15H,17H2. The molecule has 1 unspecified atom stereocenters. The number of rotatable bonds is 2. The monoisotopic (exact) mass is 257 g/mol. The SMILES string of the molecule is NC(c1ccc2ccccc2c1)c1ccc(Cl)o1. The van der Waals surface area contributed by atoms with Gasteiger partial charge >= 0.3 is 0 Å². The van der Waals surface area contributed by atoms with Crippen molar-refractivity contribution in [3.63, 3.8) is 0 Å². The molecule has 2 aromatic carbocycles. The molecule has 1 atom stereocenters. The van der Waals surface area contributed by atoms with Gasteiger partial charge in [0.15, 0.2) is 5.22 Å². The fraction of sp³-hybridized carbons (Fsp3) is 0.0667. The summed E-state index contributed by atoms with van der Waals surface area (Å²) in [6.07, 6.45) is 0. The Morgan fingerprint density at radius 3 is 2.44 bits per heavy atom. The van der Waals surface area contributed by atoms with Crippen LogP contribution in [-0.4, -0.2) is 0 Å². The fourth-order valence-corrected chi connectivity index (χ4v) is 2.21. The molecule has 0 bridgehead atoms. The van der Waals surface area contributed by atoms with E-state index in [2.05, 4.69) is 24.3 Å². The number of hydrogen-bond acceptors (Lipinski definition) is 2. The van der Waals surface area contributed by atoms with Crippen molar-refractivity contribution in [1.29, 1.82) is 0 Å². The Labute approximate surface area is 110 Å². The lowest BCUT2D eigenvalue weighted by Crippen LogP contribution is -2.10. The molecule has 0 aliphatic rings. The highest BCUT2D eigenvalue weighted by Crippen LogP contribution is 2.26. The predicted molar refractivity (Wildman–Crippen MR) is 73.7 cm³/mol. The normalized spacial score (nSPS) is 12.8. The first-order valence-corrected chi connectivity index (χ1v) is 6.11. The number of fused-ring (bicyclic) bond motifs is 1. The van der Waals surface area contributed by atoms with E-state index in [0.717, 1.165) is 5.56 Å². The van der Waals surface area contributed by atoms with Crippen molar-refractivity contribution in [3.8, 4) is 0 Å². The molecule has 0 radical (unpaired) electrons. The molecule has 0 amide bonds. The minimum atomic E-state index is -0.290. The minimum absolute atomic E-state index is 0.290. The highest BCUT2D eigenvalue weighted by Gasteiger charge is 2.13. The average molecular weight is 258 g/mol. The molecular formula is C15H12ClNO. The zero-order chi connectivity index (χ0) is 12.5. The quantitative estimate of drug-likeness (QED) is 0.750. The summed E-state index contributed by atoms with van der Waals surface area (Å²) in [6, 6.07) is 17.6. The van der Waals surface area contributed by atoms with Gasteiger partial charge in [-0.1, -0.05) is 36.4 Å². The largest absolute Gasteiger partial charge is 0.448 e. The van der Waals surface area contributed by atoms with Gasteiger partial charge in [0.05, 0.1) is 6.04 Å². The van der Waals surface area contributed by atoms with Crippen molar-refractivity contribution < 1.29 is 4.42 Å². The molecule has 1 aromatic heterocycles. The Morgan fingerprint density at radius 1 is 0.944 bits per heavy atom. The van der Waals surface area contributed by atoms with Gasteiger partial charge in [-0.25, -0.2) is 0 Å². The lowest BCUT2D eigenvalue weighted by molar-refractivity contribution is 0.491. The highest BCUT2D eigenvalue weighted by molar-refractivity contribution is 6.28.